The number of amides is 1. The van der Waals surface area contributed by atoms with Crippen molar-refractivity contribution in [3.8, 4) is 11.3 Å². The molecule has 0 fully saturated rings. The maximum absolute atomic E-state index is 14.2. The molecule has 0 bridgehead atoms. The smallest absolute Gasteiger partial charge is 0.256 e. The van der Waals surface area contributed by atoms with E-state index in [9.17, 15) is 13.6 Å². The average Bonchev–Trinajstić information content (AvgIpc) is 3.04. The first-order valence-corrected chi connectivity index (χ1v) is 8.18. The molecule has 5 nitrogen and oxygen atoms in total. The van der Waals surface area contributed by atoms with Crippen LogP contribution in [0.1, 0.15) is 10.4 Å². The summed E-state index contributed by atoms with van der Waals surface area (Å²) in [5.41, 5.74) is 1.27. The normalized spacial score (nSPS) is 10.9. The molecule has 1 amide bonds. The quantitative estimate of drug-likeness (QED) is 0.594. The molecule has 2 aromatic heterocycles. The van der Waals surface area contributed by atoms with Crippen LogP contribution in [0.5, 0.6) is 0 Å². The molecular formula is C20H14F2N4O. The van der Waals surface area contributed by atoms with Gasteiger partial charge in [0.05, 0.1) is 28.5 Å². The monoisotopic (exact) mass is 364 g/mol. The molecule has 0 radical (unpaired) electrons. The van der Waals surface area contributed by atoms with Gasteiger partial charge in [0.1, 0.15) is 11.6 Å². The van der Waals surface area contributed by atoms with Crippen LogP contribution in [-0.4, -0.2) is 20.7 Å². The third-order valence-electron chi connectivity index (χ3n) is 4.22. The maximum Gasteiger partial charge on any atom is 0.256 e. The van der Waals surface area contributed by atoms with Gasteiger partial charge >= 0.3 is 0 Å². The highest BCUT2D eigenvalue weighted by molar-refractivity contribution is 6.12. The molecule has 0 saturated carbocycles. The van der Waals surface area contributed by atoms with Crippen LogP contribution in [0.25, 0.3) is 22.3 Å². The minimum absolute atomic E-state index is 0.0591. The van der Waals surface area contributed by atoms with E-state index in [1.807, 2.05) is 0 Å². The number of fused-ring (bicyclic) bond motifs is 1. The van der Waals surface area contributed by atoms with Crippen LogP contribution in [0, 0.1) is 11.6 Å². The molecule has 0 aliphatic carbocycles. The summed E-state index contributed by atoms with van der Waals surface area (Å²) >= 11 is 0. The van der Waals surface area contributed by atoms with Crippen molar-refractivity contribution in [1.29, 1.82) is 0 Å². The summed E-state index contributed by atoms with van der Waals surface area (Å²) in [4.78, 5) is 17.3. The van der Waals surface area contributed by atoms with Gasteiger partial charge in [-0.25, -0.2) is 13.8 Å². The van der Waals surface area contributed by atoms with Crippen LogP contribution in [0.4, 0.5) is 14.5 Å². The van der Waals surface area contributed by atoms with Gasteiger partial charge in [0.25, 0.3) is 5.91 Å². The zero-order chi connectivity index (χ0) is 19.0. The molecule has 0 atom stereocenters. The third kappa shape index (κ3) is 3.03. The molecule has 2 aromatic carbocycles. The van der Waals surface area contributed by atoms with Crippen LogP contribution in [0.3, 0.4) is 0 Å². The van der Waals surface area contributed by atoms with Crippen molar-refractivity contribution in [3.05, 3.63) is 78.0 Å². The highest BCUT2D eigenvalue weighted by atomic mass is 19.1. The number of hydrogen-bond donors (Lipinski definition) is 1. The van der Waals surface area contributed by atoms with E-state index in [0.29, 0.717) is 16.7 Å². The lowest BCUT2D eigenvalue weighted by Crippen LogP contribution is -2.14. The fraction of sp³-hybridized carbons (Fsp3) is 0.0500. The molecule has 0 aliphatic heterocycles. The molecule has 1 N–H and O–H groups in total. The van der Waals surface area contributed by atoms with Gasteiger partial charge in [-0.3, -0.25) is 9.48 Å². The number of pyridine rings is 1. The number of para-hydroxylation sites is 1. The predicted molar refractivity (Wildman–Crippen MR) is 98.3 cm³/mol. The summed E-state index contributed by atoms with van der Waals surface area (Å²) in [6.45, 7) is 0. The van der Waals surface area contributed by atoms with E-state index in [0.717, 1.165) is 0 Å². The molecule has 7 heteroatoms. The number of aromatic nitrogens is 3. The first kappa shape index (κ1) is 16.8. The third-order valence-corrected chi connectivity index (χ3v) is 4.22. The molecule has 134 valence electrons. The Morgan fingerprint density at radius 2 is 1.74 bits per heavy atom. The number of hydrogen-bond acceptors (Lipinski definition) is 3. The van der Waals surface area contributed by atoms with Crippen LogP contribution >= 0.6 is 0 Å². The number of carbonyl (C=O) groups is 1. The molecule has 4 aromatic rings. The average molecular weight is 364 g/mol. The van der Waals surface area contributed by atoms with Crippen LogP contribution in [-0.2, 0) is 7.05 Å². The van der Waals surface area contributed by atoms with Gasteiger partial charge in [0.2, 0.25) is 0 Å². The van der Waals surface area contributed by atoms with Crippen molar-refractivity contribution in [2.75, 3.05) is 5.32 Å². The van der Waals surface area contributed by atoms with Crippen LogP contribution < -0.4 is 5.32 Å². The van der Waals surface area contributed by atoms with Crippen molar-refractivity contribution in [2.24, 2.45) is 7.05 Å². The number of halogens is 2. The number of nitrogens with zero attached hydrogens (tertiary/aromatic N) is 3. The van der Waals surface area contributed by atoms with E-state index in [2.05, 4.69) is 15.4 Å². The molecular weight excluding hydrogens is 350 g/mol. The minimum Gasteiger partial charge on any atom is -0.319 e. The molecule has 0 unspecified atom stereocenters. The minimum atomic E-state index is -0.545. The molecule has 2 heterocycles. The van der Waals surface area contributed by atoms with Gasteiger partial charge in [0.15, 0.2) is 5.65 Å². The second-order valence-corrected chi connectivity index (χ2v) is 5.97. The zero-order valence-corrected chi connectivity index (χ0v) is 14.3. The standard InChI is InChI=1S/C20H14F2N4O/c1-26-19-14(11-23-26)13(20(27)25-17-9-5-4-8-16(17)22)10-18(24-19)12-6-2-3-7-15(12)21/h2-11H,1H3,(H,25,27). The van der Waals surface area contributed by atoms with Gasteiger partial charge in [-0.15, -0.1) is 0 Å². The number of nitrogens with one attached hydrogen (secondary N) is 1. The van der Waals surface area contributed by atoms with Gasteiger partial charge in [-0.05, 0) is 30.3 Å². The van der Waals surface area contributed by atoms with Crippen molar-refractivity contribution >= 4 is 22.6 Å². The summed E-state index contributed by atoms with van der Waals surface area (Å²) < 4.78 is 29.6. The maximum atomic E-state index is 14.2. The van der Waals surface area contributed by atoms with Crippen molar-refractivity contribution < 1.29 is 13.6 Å². The second kappa shape index (κ2) is 6.60. The number of benzene rings is 2. The van der Waals surface area contributed by atoms with Gasteiger partial charge in [-0.1, -0.05) is 24.3 Å². The van der Waals surface area contributed by atoms with Crippen molar-refractivity contribution in [3.63, 3.8) is 0 Å². The summed E-state index contributed by atoms with van der Waals surface area (Å²) in [5, 5.41) is 7.17. The Kier molecular flexibility index (Phi) is 4.12. The highest BCUT2D eigenvalue weighted by Crippen LogP contribution is 2.27. The Bertz CT molecular complexity index is 1170. The summed E-state index contributed by atoms with van der Waals surface area (Å²) in [6, 6.07) is 13.5. The summed E-state index contributed by atoms with van der Waals surface area (Å²) in [7, 11) is 1.68. The van der Waals surface area contributed by atoms with E-state index in [1.54, 1.807) is 31.3 Å². The molecule has 27 heavy (non-hydrogen) atoms. The lowest BCUT2D eigenvalue weighted by atomic mass is 10.1. The molecule has 0 saturated heterocycles. The number of carbonyl (C=O) groups excluding carboxylic acids is 1. The SMILES string of the molecule is Cn1ncc2c(C(=O)Nc3ccccc3F)cc(-c3ccccc3F)nc21. The van der Waals surface area contributed by atoms with E-state index in [-0.39, 0.29) is 16.8 Å². The van der Waals surface area contributed by atoms with Crippen LogP contribution in [0.15, 0.2) is 60.8 Å². The van der Waals surface area contributed by atoms with Gasteiger partial charge in [-0.2, -0.15) is 5.10 Å². The van der Waals surface area contributed by atoms with Crippen LogP contribution in [0.2, 0.25) is 0 Å². The summed E-state index contributed by atoms with van der Waals surface area (Å²) in [5.74, 6) is -1.53. The Morgan fingerprint density at radius 3 is 2.48 bits per heavy atom. The topological polar surface area (TPSA) is 59.8 Å². The Labute approximate surface area is 153 Å². The van der Waals surface area contributed by atoms with Gasteiger partial charge < -0.3 is 5.32 Å². The fourth-order valence-corrected chi connectivity index (χ4v) is 2.86. The molecule has 4 rings (SSSR count). The molecule has 0 aliphatic rings. The van der Waals surface area contributed by atoms with E-state index < -0.39 is 17.5 Å². The van der Waals surface area contributed by atoms with Crippen molar-refractivity contribution in [2.45, 2.75) is 0 Å². The lowest BCUT2D eigenvalue weighted by Gasteiger charge is -2.10. The Morgan fingerprint density at radius 1 is 1.04 bits per heavy atom. The van der Waals surface area contributed by atoms with Gasteiger partial charge in [0, 0.05) is 12.6 Å². The Balaban J connectivity index is 1.86. The Hall–Kier alpha value is -3.61. The fourth-order valence-electron chi connectivity index (χ4n) is 2.86. The highest BCUT2D eigenvalue weighted by Gasteiger charge is 2.18. The number of aryl methyl sites for hydroxylation is 1. The first-order chi connectivity index (χ1) is 13.0. The molecule has 0 spiro atoms. The van der Waals surface area contributed by atoms with E-state index in [1.165, 1.54) is 41.2 Å². The number of anilines is 1. The predicted octanol–water partition coefficient (Wildman–Crippen LogP) is 4.17. The number of rotatable bonds is 3. The van der Waals surface area contributed by atoms with E-state index in [4.69, 9.17) is 0 Å². The first-order valence-electron chi connectivity index (χ1n) is 8.18. The summed E-state index contributed by atoms with van der Waals surface area (Å²) in [6.07, 6.45) is 1.50. The lowest BCUT2D eigenvalue weighted by molar-refractivity contribution is 0.102. The second-order valence-electron chi connectivity index (χ2n) is 5.97. The zero-order valence-electron chi connectivity index (χ0n) is 14.3. The largest absolute Gasteiger partial charge is 0.319 e. The van der Waals surface area contributed by atoms with E-state index >= 15 is 0 Å². The van der Waals surface area contributed by atoms with Crippen molar-refractivity contribution in [1.82, 2.24) is 14.8 Å².